The second kappa shape index (κ2) is 5.52. The third-order valence-electron chi connectivity index (χ3n) is 3.63. The number of benzene rings is 1. The Kier molecular flexibility index (Phi) is 4.02. The smallest absolute Gasteiger partial charge is 0.115 e. The molecule has 0 radical (unpaired) electrons. The van der Waals surface area contributed by atoms with Gasteiger partial charge in [-0.25, -0.2) is 0 Å². The average molecular weight is 234 g/mol. The Balaban J connectivity index is 1.88. The normalized spacial score (nSPS) is 20.4. The van der Waals surface area contributed by atoms with E-state index in [1.165, 1.54) is 18.7 Å². The first-order chi connectivity index (χ1) is 8.15. The highest BCUT2D eigenvalue weighted by Gasteiger charge is 2.18. The second-order valence-corrected chi connectivity index (χ2v) is 5.06. The molecule has 1 saturated heterocycles. The summed E-state index contributed by atoms with van der Waals surface area (Å²) in [6.45, 7) is 6.95. The first kappa shape index (κ1) is 12.4. The largest absolute Gasteiger partial charge is 0.508 e. The van der Waals surface area contributed by atoms with Crippen LogP contribution >= 0.6 is 0 Å². The second-order valence-electron chi connectivity index (χ2n) is 5.06. The van der Waals surface area contributed by atoms with Gasteiger partial charge in [-0.2, -0.15) is 0 Å². The number of hydrogen-bond acceptors (Lipinski definition) is 3. The SMILES string of the molecule is CC(Cc1ccc(O)cc1)N1CCN(C)CC1. The lowest BCUT2D eigenvalue weighted by Gasteiger charge is -2.36. The maximum atomic E-state index is 9.25. The molecule has 3 nitrogen and oxygen atoms in total. The van der Waals surface area contributed by atoms with Gasteiger partial charge in [-0.3, -0.25) is 4.90 Å². The van der Waals surface area contributed by atoms with Gasteiger partial charge in [0.15, 0.2) is 0 Å². The minimum atomic E-state index is 0.348. The third-order valence-corrected chi connectivity index (χ3v) is 3.63. The van der Waals surface area contributed by atoms with Crippen molar-refractivity contribution in [2.45, 2.75) is 19.4 Å². The summed E-state index contributed by atoms with van der Waals surface area (Å²) >= 11 is 0. The number of likely N-dealkylation sites (N-methyl/N-ethyl adjacent to an activating group) is 1. The van der Waals surface area contributed by atoms with E-state index in [0.29, 0.717) is 11.8 Å². The van der Waals surface area contributed by atoms with Gasteiger partial charge in [0.1, 0.15) is 5.75 Å². The quantitative estimate of drug-likeness (QED) is 0.860. The Bertz CT molecular complexity index is 342. The molecule has 1 aromatic carbocycles. The number of piperazine rings is 1. The molecule has 2 rings (SSSR count). The zero-order valence-corrected chi connectivity index (χ0v) is 10.8. The summed E-state index contributed by atoms with van der Waals surface area (Å²) in [7, 11) is 2.18. The van der Waals surface area contributed by atoms with Crippen molar-refractivity contribution in [2.75, 3.05) is 33.2 Å². The van der Waals surface area contributed by atoms with Crippen LogP contribution in [0.5, 0.6) is 5.75 Å². The maximum absolute atomic E-state index is 9.25. The lowest BCUT2D eigenvalue weighted by atomic mass is 10.1. The zero-order chi connectivity index (χ0) is 12.3. The highest BCUT2D eigenvalue weighted by molar-refractivity contribution is 5.26. The Hall–Kier alpha value is -1.06. The van der Waals surface area contributed by atoms with Crippen LogP contribution in [0.1, 0.15) is 12.5 Å². The molecular formula is C14H22N2O. The van der Waals surface area contributed by atoms with E-state index in [0.717, 1.165) is 19.5 Å². The summed E-state index contributed by atoms with van der Waals surface area (Å²) in [5, 5.41) is 9.25. The Morgan fingerprint density at radius 1 is 1.12 bits per heavy atom. The fraction of sp³-hybridized carbons (Fsp3) is 0.571. The number of nitrogens with zero attached hydrogens (tertiary/aromatic N) is 2. The molecule has 0 saturated carbocycles. The maximum Gasteiger partial charge on any atom is 0.115 e. The monoisotopic (exact) mass is 234 g/mol. The van der Waals surface area contributed by atoms with Crippen molar-refractivity contribution in [2.24, 2.45) is 0 Å². The third kappa shape index (κ3) is 3.45. The Morgan fingerprint density at radius 2 is 1.71 bits per heavy atom. The molecular weight excluding hydrogens is 212 g/mol. The molecule has 3 heteroatoms. The van der Waals surface area contributed by atoms with E-state index < -0.39 is 0 Å². The molecule has 1 atom stereocenters. The topological polar surface area (TPSA) is 26.7 Å². The molecule has 1 aliphatic heterocycles. The van der Waals surface area contributed by atoms with Gasteiger partial charge in [0.25, 0.3) is 0 Å². The highest BCUT2D eigenvalue weighted by Crippen LogP contribution is 2.14. The molecule has 17 heavy (non-hydrogen) atoms. The number of aromatic hydroxyl groups is 1. The van der Waals surface area contributed by atoms with E-state index in [-0.39, 0.29) is 0 Å². The molecule has 0 bridgehead atoms. The number of hydrogen-bond donors (Lipinski definition) is 1. The molecule has 1 aliphatic rings. The van der Waals surface area contributed by atoms with Crippen molar-refractivity contribution < 1.29 is 5.11 Å². The van der Waals surface area contributed by atoms with Gasteiger partial charge in [-0.15, -0.1) is 0 Å². The van der Waals surface area contributed by atoms with Crippen LogP contribution in [-0.4, -0.2) is 54.2 Å². The van der Waals surface area contributed by atoms with Crippen LogP contribution in [0.3, 0.4) is 0 Å². The highest BCUT2D eigenvalue weighted by atomic mass is 16.3. The van der Waals surface area contributed by atoms with E-state index in [4.69, 9.17) is 0 Å². The lowest BCUT2D eigenvalue weighted by Crippen LogP contribution is -2.48. The fourth-order valence-corrected chi connectivity index (χ4v) is 2.36. The average Bonchev–Trinajstić information content (AvgIpc) is 2.33. The van der Waals surface area contributed by atoms with Crippen LogP contribution in [0, 0.1) is 0 Å². The first-order valence-corrected chi connectivity index (χ1v) is 6.35. The van der Waals surface area contributed by atoms with Crippen molar-refractivity contribution in [1.82, 2.24) is 9.80 Å². The molecule has 1 heterocycles. The van der Waals surface area contributed by atoms with Gasteiger partial charge in [0.05, 0.1) is 0 Å². The van der Waals surface area contributed by atoms with Gasteiger partial charge < -0.3 is 10.0 Å². The standard InChI is InChI=1S/C14H22N2O/c1-12(16-9-7-15(2)8-10-16)11-13-3-5-14(17)6-4-13/h3-6,12,17H,7-11H2,1-2H3. The van der Waals surface area contributed by atoms with Crippen molar-refractivity contribution in [1.29, 1.82) is 0 Å². The van der Waals surface area contributed by atoms with Crippen molar-refractivity contribution in [3.63, 3.8) is 0 Å². The van der Waals surface area contributed by atoms with Crippen LogP contribution in [0.15, 0.2) is 24.3 Å². The van der Waals surface area contributed by atoms with E-state index in [1.54, 1.807) is 12.1 Å². The van der Waals surface area contributed by atoms with Crippen LogP contribution in [0.25, 0.3) is 0 Å². The molecule has 1 fully saturated rings. The van der Waals surface area contributed by atoms with E-state index in [9.17, 15) is 5.11 Å². The summed E-state index contributed by atoms with van der Waals surface area (Å²) in [6.07, 6.45) is 1.06. The first-order valence-electron chi connectivity index (χ1n) is 6.35. The van der Waals surface area contributed by atoms with Crippen LogP contribution in [0.4, 0.5) is 0 Å². The number of phenols is 1. The minimum Gasteiger partial charge on any atom is -0.508 e. The number of phenolic OH excluding ortho intramolecular Hbond substituents is 1. The van der Waals surface area contributed by atoms with Gasteiger partial charge >= 0.3 is 0 Å². The van der Waals surface area contributed by atoms with Gasteiger partial charge in [-0.05, 0) is 38.1 Å². The van der Waals surface area contributed by atoms with Crippen LogP contribution in [-0.2, 0) is 6.42 Å². The number of rotatable bonds is 3. The molecule has 0 aliphatic carbocycles. The molecule has 1 unspecified atom stereocenters. The van der Waals surface area contributed by atoms with Crippen LogP contribution < -0.4 is 0 Å². The van der Waals surface area contributed by atoms with Gasteiger partial charge in [0, 0.05) is 32.2 Å². The van der Waals surface area contributed by atoms with Gasteiger partial charge in [-0.1, -0.05) is 12.1 Å². The van der Waals surface area contributed by atoms with Crippen LogP contribution in [0.2, 0.25) is 0 Å². The summed E-state index contributed by atoms with van der Waals surface area (Å²) < 4.78 is 0. The van der Waals surface area contributed by atoms with E-state index >= 15 is 0 Å². The molecule has 0 aromatic heterocycles. The molecule has 0 amide bonds. The summed E-state index contributed by atoms with van der Waals surface area (Å²) in [6, 6.07) is 8.15. The molecule has 0 spiro atoms. The lowest BCUT2D eigenvalue weighted by molar-refractivity contribution is 0.118. The minimum absolute atomic E-state index is 0.348. The predicted molar refractivity (Wildman–Crippen MR) is 70.3 cm³/mol. The molecule has 94 valence electrons. The summed E-state index contributed by atoms with van der Waals surface area (Å²) in [4.78, 5) is 4.93. The molecule has 1 aromatic rings. The summed E-state index contributed by atoms with van der Waals surface area (Å²) in [5.41, 5.74) is 1.30. The predicted octanol–water partition coefficient (Wildman–Crippen LogP) is 1.57. The van der Waals surface area contributed by atoms with Crippen molar-refractivity contribution in [3.05, 3.63) is 29.8 Å². The zero-order valence-electron chi connectivity index (χ0n) is 10.8. The van der Waals surface area contributed by atoms with Crippen molar-refractivity contribution in [3.8, 4) is 5.75 Å². The summed E-state index contributed by atoms with van der Waals surface area (Å²) in [5.74, 6) is 0.348. The van der Waals surface area contributed by atoms with E-state index in [2.05, 4.69) is 23.8 Å². The molecule has 1 N–H and O–H groups in total. The Labute approximate surface area is 104 Å². The Morgan fingerprint density at radius 3 is 2.29 bits per heavy atom. The van der Waals surface area contributed by atoms with E-state index in [1.807, 2.05) is 12.1 Å². The van der Waals surface area contributed by atoms with Crippen molar-refractivity contribution >= 4 is 0 Å². The fourth-order valence-electron chi connectivity index (χ4n) is 2.36. The van der Waals surface area contributed by atoms with Gasteiger partial charge in [0.2, 0.25) is 0 Å².